The van der Waals surface area contributed by atoms with Crippen molar-refractivity contribution in [2.45, 2.75) is 39.2 Å². The van der Waals surface area contributed by atoms with Gasteiger partial charge < -0.3 is 14.8 Å². The lowest BCUT2D eigenvalue weighted by molar-refractivity contribution is 0.102. The summed E-state index contributed by atoms with van der Waals surface area (Å²) in [5, 5.41) is 3.73. The van der Waals surface area contributed by atoms with Gasteiger partial charge in [-0.3, -0.25) is 4.79 Å². The number of thiophene rings is 1. The maximum atomic E-state index is 14.1. The third-order valence-electron chi connectivity index (χ3n) is 6.40. The Hall–Kier alpha value is -3.49. The summed E-state index contributed by atoms with van der Waals surface area (Å²) in [4.78, 5) is 19.4. The molecule has 1 heterocycles. The van der Waals surface area contributed by atoms with E-state index in [0.29, 0.717) is 38.7 Å². The smallest absolute Gasteiger partial charge is 0.259 e. The number of aryl methyl sites for hydroxylation is 1. The lowest BCUT2D eigenvalue weighted by Crippen LogP contribution is -2.14. The van der Waals surface area contributed by atoms with Gasteiger partial charge in [0.15, 0.2) is 11.5 Å². The summed E-state index contributed by atoms with van der Waals surface area (Å²) in [6.45, 7) is 2.40. The van der Waals surface area contributed by atoms with Gasteiger partial charge >= 0.3 is 0 Å². The number of hydrogen-bond acceptors (Lipinski definition) is 5. The summed E-state index contributed by atoms with van der Waals surface area (Å²) >= 11 is 5.17. The molecular weight excluding hydrogens is 579 g/mol. The first kappa shape index (κ1) is 27.1. The number of fused-ring (bicyclic) bond motifs is 1. The minimum Gasteiger partial charge on any atom is -0.490 e. The predicted octanol–water partition coefficient (Wildman–Crippen LogP) is 8.51. The van der Waals surface area contributed by atoms with Crippen LogP contribution in [0.1, 0.15) is 51.7 Å². The molecule has 5 rings (SSSR count). The van der Waals surface area contributed by atoms with Crippen molar-refractivity contribution >= 4 is 50.1 Å². The first-order valence-electron chi connectivity index (χ1n) is 12.9. The molecule has 3 aromatic carbocycles. The Labute approximate surface area is 239 Å². The molecule has 200 valence electrons. The molecule has 5 nitrogen and oxygen atoms in total. The molecule has 1 aliphatic carbocycles. The Kier molecular flexibility index (Phi) is 8.74. The normalized spacial score (nSPS) is 12.8. The van der Waals surface area contributed by atoms with E-state index in [1.807, 2.05) is 49.4 Å². The number of hydrogen-bond donors (Lipinski definition) is 1. The van der Waals surface area contributed by atoms with Crippen LogP contribution in [0.3, 0.4) is 0 Å². The number of anilines is 1. The van der Waals surface area contributed by atoms with Crippen LogP contribution >= 0.6 is 27.3 Å². The zero-order chi connectivity index (χ0) is 27.2. The highest BCUT2D eigenvalue weighted by atomic mass is 79.9. The maximum absolute atomic E-state index is 14.1. The number of carbonyl (C=O) groups is 1. The van der Waals surface area contributed by atoms with Crippen LogP contribution in [0, 0.1) is 5.82 Å². The molecule has 0 saturated carbocycles. The van der Waals surface area contributed by atoms with Gasteiger partial charge in [0.2, 0.25) is 0 Å². The molecule has 8 heteroatoms. The molecule has 0 bridgehead atoms. The fourth-order valence-electron chi connectivity index (χ4n) is 4.56. The number of rotatable bonds is 9. The first-order valence-corrected chi connectivity index (χ1v) is 14.5. The van der Waals surface area contributed by atoms with E-state index in [2.05, 4.69) is 21.2 Å². The van der Waals surface area contributed by atoms with Crippen molar-refractivity contribution in [2.24, 2.45) is 4.99 Å². The van der Waals surface area contributed by atoms with Crippen LogP contribution < -0.4 is 14.8 Å². The fourth-order valence-corrected chi connectivity index (χ4v) is 6.36. The average Bonchev–Trinajstić information content (AvgIpc) is 3.32. The number of halogens is 2. The number of benzene rings is 3. The minimum atomic E-state index is -0.318. The molecule has 0 saturated heterocycles. The Balaban J connectivity index is 1.43. The molecule has 0 spiro atoms. The van der Waals surface area contributed by atoms with E-state index in [4.69, 9.17) is 14.5 Å². The van der Waals surface area contributed by atoms with Gasteiger partial charge in [0.1, 0.15) is 17.4 Å². The number of nitrogens with one attached hydrogen (secondary N) is 1. The van der Waals surface area contributed by atoms with Gasteiger partial charge in [0.05, 0.1) is 16.6 Å². The van der Waals surface area contributed by atoms with E-state index in [1.54, 1.807) is 35.8 Å². The van der Waals surface area contributed by atoms with Crippen molar-refractivity contribution < 1.29 is 18.7 Å². The fraction of sp³-hybridized carbons (Fsp3) is 0.226. The topological polar surface area (TPSA) is 59.9 Å². The molecule has 0 unspecified atom stereocenters. The number of carbonyl (C=O) groups excluding carboxylic acids is 1. The summed E-state index contributed by atoms with van der Waals surface area (Å²) in [6, 6.07) is 19.7. The Morgan fingerprint density at radius 3 is 2.64 bits per heavy atom. The second-order valence-corrected chi connectivity index (χ2v) is 11.1. The largest absolute Gasteiger partial charge is 0.490 e. The number of ether oxygens (including phenoxy) is 2. The molecule has 0 aliphatic heterocycles. The van der Waals surface area contributed by atoms with E-state index < -0.39 is 0 Å². The maximum Gasteiger partial charge on any atom is 0.259 e. The summed E-state index contributed by atoms with van der Waals surface area (Å²) < 4.78 is 26.6. The third kappa shape index (κ3) is 6.40. The van der Waals surface area contributed by atoms with Crippen molar-refractivity contribution in [3.8, 4) is 11.5 Å². The quantitative estimate of drug-likeness (QED) is 0.194. The predicted molar refractivity (Wildman–Crippen MR) is 159 cm³/mol. The van der Waals surface area contributed by atoms with Gasteiger partial charge in [0, 0.05) is 22.3 Å². The van der Waals surface area contributed by atoms with Crippen LogP contribution in [-0.4, -0.2) is 18.7 Å². The summed E-state index contributed by atoms with van der Waals surface area (Å²) in [5.41, 5.74) is 3.76. The molecule has 1 N–H and O–H groups in total. The van der Waals surface area contributed by atoms with E-state index in [9.17, 15) is 9.18 Å². The van der Waals surface area contributed by atoms with Gasteiger partial charge in [0.25, 0.3) is 5.91 Å². The van der Waals surface area contributed by atoms with E-state index in [-0.39, 0.29) is 18.3 Å². The molecule has 39 heavy (non-hydrogen) atoms. The molecule has 4 aromatic rings. The Morgan fingerprint density at radius 1 is 1.08 bits per heavy atom. The summed E-state index contributed by atoms with van der Waals surface area (Å²) in [6.07, 6.45) is 5.78. The van der Waals surface area contributed by atoms with Gasteiger partial charge in [-0.25, -0.2) is 9.38 Å². The van der Waals surface area contributed by atoms with Gasteiger partial charge in [-0.15, -0.1) is 11.3 Å². The van der Waals surface area contributed by atoms with Crippen LogP contribution in [0.15, 0.2) is 76.2 Å². The lowest BCUT2D eigenvalue weighted by Gasteiger charge is -2.15. The van der Waals surface area contributed by atoms with Crippen molar-refractivity contribution in [3.63, 3.8) is 0 Å². The molecule has 1 amide bonds. The first-order chi connectivity index (χ1) is 19.0. The third-order valence-corrected chi connectivity index (χ3v) is 8.19. The van der Waals surface area contributed by atoms with Crippen LogP contribution in [0.2, 0.25) is 0 Å². The average molecular weight is 608 g/mol. The van der Waals surface area contributed by atoms with Crippen LogP contribution in [0.5, 0.6) is 11.5 Å². The highest BCUT2D eigenvalue weighted by molar-refractivity contribution is 9.10. The molecular formula is C31H28BrFN2O3S. The highest BCUT2D eigenvalue weighted by Gasteiger charge is 2.25. The second kappa shape index (κ2) is 12.6. The SMILES string of the molecule is CCOc1cc(C=Nc2sc3c(c2C(=O)Nc2ccccc2)CCCC3)cc(Br)c1OCc1ccccc1F. The molecule has 0 radical (unpaired) electrons. The number of nitrogens with zero attached hydrogens (tertiary/aromatic N) is 1. The second-order valence-electron chi connectivity index (χ2n) is 9.11. The summed E-state index contributed by atoms with van der Waals surface area (Å²) in [7, 11) is 0. The van der Waals surface area contributed by atoms with Crippen molar-refractivity contribution in [1.29, 1.82) is 0 Å². The van der Waals surface area contributed by atoms with Crippen molar-refractivity contribution in [3.05, 3.63) is 104 Å². The number of amides is 1. The van der Waals surface area contributed by atoms with Crippen molar-refractivity contribution in [2.75, 3.05) is 11.9 Å². The molecule has 0 atom stereocenters. The Bertz CT molecular complexity index is 1500. The zero-order valence-corrected chi connectivity index (χ0v) is 23.9. The van der Waals surface area contributed by atoms with E-state index in [0.717, 1.165) is 42.5 Å². The Morgan fingerprint density at radius 2 is 1.85 bits per heavy atom. The minimum absolute atomic E-state index is 0.0689. The molecule has 1 aromatic heterocycles. The van der Waals surface area contributed by atoms with Crippen LogP contribution in [0.25, 0.3) is 0 Å². The van der Waals surface area contributed by atoms with Gasteiger partial charge in [-0.1, -0.05) is 36.4 Å². The van der Waals surface area contributed by atoms with Crippen LogP contribution in [0.4, 0.5) is 15.1 Å². The van der Waals surface area contributed by atoms with E-state index in [1.165, 1.54) is 10.9 Å². The molecule has 1 aliphatic rings. The van der Waals surface area contributed by atoms with Crippen LogP contribution in [-0.2, 0) is 19.4 Å². The highest BCUT2D eigenvalue weighted by Crippen LogP contribution is 2.41. The zero-order valence-electron chi connectivity index (χ0n) is 21.5. The van der Waals surface area contributed by atoms with Gasteiger partial charge in [-0.05, 0) is 90.0 Å². The standard InChI is InChI=1S/C31H28BrFN2O3S/c1-2-37-26-17-20(16-24(32)29(26)38-19-21-10-6-8-14-25(21)33)18-34-31-28(23-13-7-9-15-27(23)39-31)30(36)35-22-11-4-3-5-12-22/h3-6,8,10-12,14,16-18H,2,7,9,13,15,19H2,1H3,(H,35,36). The lowest BCUT2D eigenvalue weighted by atomic mass is 9.95. The van der Waals surface area contributed by atoms with Gasteiger partial charge in [-0.2, -0.15) is 0 Å². The number of para-hydroxylation sites is 1. The molecule has 0 fully saturated rings. The summed E-state index contributed by atoms with van der Waals surface area (Å²) in [5.74, 6) is 0.561. The monoisotopic (exact) mass is 606 g/mol. The van der Waals surface area contributed by atoms with Crippen molar-refractivity contribution in [1.82, 2.24) is 0 Å². The van der Waals surface area contributed by atoms with E-state index >= 15 is 0 Å². The number of aliphatic imine (C=N–C) groups is 1.